The number of hydrogen-bond donors (Lipinski definition) is 4. The molecule has 0 saturated carbocycles. The number of H-pyrrole nitrogens is 2. The summed E-state index contributed by atoms with van der Waals surface area (Å²) in [6.45, 7) is -0.00586. The van der Waals surface area contributed by atoms with E-state index < -0.39 is 39.7 Å². The molecule has 4 N–H and O–H groups in total. The predicted octanol–water partition coefficient (Wildman–Crippen LogP) is 13.3. The Labute approximate surface area is 696 Å². The maximum atomic E-state index is 13.2. The number of halogens is 3. The minimum Gasteiger partial charge on any atom is -0.0622 e. The van der Waals surface area contributed by atoms with Crippen molar-refractivity contribution in [1.29, 1.82) is 0 Å². The molecule has 4 aromatic heterocycles. The first kappa shape index (κ1) is 85.5. The number of benzene rings is 10. The second kappa shape index (κ2) is 43.9. The number of hydrogen-bond acceptors (Lipinski definition) is 12. The van der Waals surface area contributed by atoms with E-state index in [1.165, 1.54) is 41.6 Å². The topological polar surface area (TPSA) is 236 Å². The average molecular weight is 1760 g/mol. The van der Waals surface area contributed by atoms with Gasteiger partial charge in [-0.1, -0.05) is 278 Å². The summed E-state index contributed by atoms with van der Waals surface area (Å²) in [5, 5.41) is 35.3. The van der Waals surface area contributed by atoms with Crippen LogP contribution in [-0.4, -0.2) is 113 Å². The normalized spacial score (nSPS) is 12.9. The fourth-order valence-electron chi connectivity index (χ4n) is 11.7. The first-order valence-corrected chi connectivity index (χ1v) is 43.1. The number of fused-ring (bicyclic) bond motifs is 2. The van der Waals surface area contributed by atoms with Gasteiger partial charge in [-0.2, -0.15) is 10.2 Å². The van der Waals surface area contributed by atoms with Crippen LogP contribution in [0.3, 0.4) is 0 Å². The summed E-state index contributed by atoms with van der Waals surface area (Å²) in [5.74, 6) is 9.09. The van der Waals surface area contributed by atoms with Crippen molar-refractivity contribution in [3.05, 3.63) is 359 Å². The van der Waals surface area contributed by atoms with E-state index >= 15 is 0 Å². The second-order valence-corrected chi connectivity index (χ2v) is 32.8. The number of nitrogens with zero attached hydrogens (tertiary/aromatic N) is 10. The number of carbonyl (C=O) groups excluding carboxylic acids is 4. The average Bonchev–Trinajstić information content (AvgIpc) is 1.65. The summed E-state index contributed by atoms with van der Waals surface area (Å²) in [5.41, 5.74) is 5.58. The molecule has 16 rings (SSSR count). The molecular weight excluding hydrogens is 1680 g/mol. The monoisotopic (exact) mass is 1760 g/mol. The Morgan fingerprint density at radius 1 is 0.487 bits per heavy atom. The number of terminal acetylenes is 1. The molecule has 0 unspecified atom stereocenters. The van der Waals surface area contributed by atoms with E-state index in [4.69, 9.17) is 35.0 Å². The zero-order valence-corrected chi connectivity index (χ0v) is 68.6. The van der Waals surface area contributed by atoms with E-state index in [2.05, 4.69) is 267 Å². The van der Waals surface area contributed by atoms with Gasteiger partial charge in [0.2, 0.25) is 11.6 Å². The zero-order valence-electron chi connectivity index (χ0n) is 62.2. The van der Waals surface area contributed by atoms with E-state index in [9.17, 15) is 19.2 Å². The van der Waals surface area contributed by atoms with E-state index in [1.807, 2.05) is 93.0 Å². The molecule has 0 saturated heterocycles. The van der Waals surface area contributed by atoms with E-state index in [0.29, 0.717) is 52.9 Å². The molecule has 4 amide bonds. The molecule has 0 bridgehead atoms. The molecule has 115 heavy (non-hydrogen) atoms. The Kier molecular flexibility index (Phi) is 32.7. The molecule has 6 heterocycles. The molecule has 14 aromatic rings. The SMILES string of the molecule is C.C#Cc1ccnn1C.CN1C(=O)[C@@H](NC(=O)c2n[nH]c(Cc3ccccc3)n2)COc2ccc(Br)cc21.CN1C(=O)[C@@H](NC(=O)c2n[nH]c(Cc3ccccc3)n2)COc2ccc(C#Cc3ccnn3C)cc21.[Cl][Pd][Cl].c1ccc(P(c2ccccc2)c2ccccc2)cc1.c1ccc(P(c2ccccc2)c2ccccc2)cc1. The van der Waals surface area contributed by atoms with E-state index in [0.717, 1.165) is 27.0 Å². The molecule has 10 aromatic carbocycles. The van der Waals surface area contributed by atoms with Gasteiger partial charge in [0.1, 0.15) is 59.8 Å². The summed E-state index contributed by atoms with van der Waals surface area (Å²) in [4.78, 5) is 62.8. The number of amides is 4. The number of likely N-dealkylation sites (N-methyl/N-ethyl adjacent to an activating group) is 2. The van der Waals surface area contributed by atoms with Gasteiger partial charge in [-0.15, -0.1) is 16.6 Å². The minimum absolute atomic E-state index is 0. The zero-order chi connectivity index (χ0) is 80.0. The molecular formula is C89H81BrCl2N14O6P2Pd. The van der Waals surface area contributed by atoms with Gasteiger partial charge in [-0.25, -0.2) is 9.97 Å². The van der Waals surface area contributed by atoms with Crippen LogP contribution in [0.15, 0.2) is 308 Å². The Balaban J connectivity index is 0.000000159. The van der Waals surface area contributed by atoms with Crippen molar-refractivity contribution in [2.24, 2.45) is 14.1 Å². The minimum atomic E-state index is -0.907. The predicted molar refractivity (Wildman–Crippen MR) is 461 cm³/mol. The second-order valence-electron chi connectivity index (χ2n) is 25.1. The van der Waals surface area contributed by atoms with Crippen LogP contribution in [0.2, 0.25) is 0 Å². The molecule has 0 aliphatic carbocycles. The summed E-state index contributed by atoms with van der Waals surface area (Å²) < 4.78 is 15.8. The van der Waals surface area contributed by atoms with Crippen molar-refractivity contribution in [1.82, 2.24) is 60.6 Å². The van der Waals surface area contributed by atoms with E-state index in [1.54, 1.807) is 66.2 Å². The molecule has 2 aliphatic heterocycles. The Bertz CT molecular complexity index is 5230. The van der Waals surface area contributed by atoms with Crippen molar-refractivity contribution in [3.63, 3.8) is 0 Å². The quantitative estimate of drug-likeness (QED) is 0.0452. The number of nitrogens with one attached hydrogen (secondary N) is 4. The van der Waals surface area contributed by atoms with Gasteiger partial charge >= 0.3 is 35.0 Å². The van der Waals surface area contributed by atoms with Gasteiger partial charge in [0.25, 0.3) is 23.6 Å². The fourth-order valence-corrected chi connectivity index (χ4v) is 16.7. The molecule has 20 nitrogen and oxygen atoms in total. The van der Waals surface area contributed by atoms with Crippen LogP contribution in [0.4, 0.5) is 11.4 Å². The number of rotatable bonds is 14. The number of ether oxygens (including phenoxy) is 2. The maximum absolute atomic E-state index is 13.2. The number of anilines is 2. The standard InChI is InChI=1S/C26H23N7O3.C20H18BrN5O3.2C18H15P.C6H6N2.CH4.2ClH.Pd/c1-32-21-14-18(8-10-19-12-13-27-33(19)2)9-11-22(21)36-16-20(26(32)35)28-25(34)24-29-23(30-31-24)15-17-6-4-3-5-7-17;1-26-15-10-13(21)7-8-16(15)29-11-14(20(26)28)22-19(27)18-23-17(24-25-18)9-12-5-3-2-4-6-12;2*1-4-10-16(11-5-1)19(17-12-6-2-7-13-17)18-14-8-3-9-15-18;1-3-6-4-5-7-8(6)2;;;;/h3-7,9,11-14,20H,15-16H2,1-2H3,(H,28,34)(H,29,30,31);2-8,10,14H,9,11H2,1H3,(H,22,27)(H,23,24,25);2*1-15H;1,4-5H,2H3;1H4;2*1H;/q;;;;;;;;+2/p-2/t20-;14-;;;;;;;/m00......./s1. The Morgan fingerprint density at radius 2 is 0.817 bits per heavy atom. The number of carbonyl (C=O) groups is 4. The van der Waals surface area contributed by atoms with Crippen molar-refractivity contribution in [2.45, 2.75) is 32.4 Å². The van der Waals surface area contributed by atoms with Crippen LogP contribution >= 0.6 is 50.8 Å². The molecule has 584 valence electrons. The van der Waals surface area contributed by atoms with E-state index in [-0.39, 0.29) is 60.0 Å². The van der Waals surface area contributed by atoms with Gasteiger partial charge in [0.15, 0.2) is 0 Å². The van der Waals surface area contributed by atoms with Gasteiger partial charge in [-0.05, 0) is 113 Å². The summed E-state index contributed by atoms with van der Waals surface area (Å²) >= 11 is 3.29. The van der Waals surface area contributed by atoms with Crippen molar-refractivity contribution in [2.75, 3.05) is 37.1 Å². The smallest absolute Gasteiger partial charge is 0.0134 e. The van der Waals surface area contributed by atoms with Crippen molar-refractivity contribution >= 4 is 118 Å². The number of aromatic amines is 2. The van der Waals surface area contributed by atoms with Gasteiger partial charge in [0.05, 0.1) is 23.8 Å². The van der Waals surface area contributed by atoms with Gasteiger partial charge in [-0.3, -0.25) is 38.7 Å². The largest absolute Gasteiger partial charge is 0.0622 e. The third-order valence-electron chi connectivity index (χ3n) is 17.4. The van der Waals surface area contributed by atoms with Gasteiger partial charge in [0, 0.05) is 51.1 Å². The maximum Gasteiger partial charge on any atom is -0.0134 e. The van der Waals surface area contributed by atoms with Crippen molar-refractivity contribution < 1.29 is 44.6 Å². The summed E-state index contributed by atoms with van der Waals surface area (Å²) in [6.07, 6.45) is 9.48. The first-order valence-electron chi connectivity index (χ1n) is 35.6. The number of aryl methyl sites for hydroxylation is 2. The Hall–Kier alpha value is -11.9. The van der Waals surface area contributed by atoms with Gasteiger partial charge < -0.3 is 29.9 Å². The molecule has 2 aliphatic rings. The first-order chi connectivity index (χ1) is 55.6. The molecule has 0 radical (unpaired) electrons. The van der Waals surface area contributed by atoms with Crippen LogP contribution < -0.4 is 61.7 Å². The summed E-state index contributed by atoms with van der Waals surface area (Å²) in [7, 11) is 15.7. The van der Waals surface area contributed by atoms with Crippen LogP contribution in [0.25, 0.3) is 0 Å². The Morgan fingerprint density at radius 3 is 1.15 bits per heavy atom. The molecule has 0 spiro atoms. The third kappa shape index (κ3) is 24.3. The molecule has 2 atom stereocenters. The van der Waals surface area contributed by atoms with Crippen LogP contribution in [0.1, 0.15) is 68.4 Å². The van der Waals surface area contributed by atoms with Crippen LogP contribution in [0.5, 0.6) is 11.5 Å². The van der Waals surface area contributed by atoms with Crippen LogP contribution in [-0.2, 0) is 52.5 Å². The third-order valence-corrected chi connectivity index (χ3v) is 22.8. The fraction of sp³-hybridized carbons (Fsp3) is 0.124. The molecule has 26 heteroatoms. The molecule has 0 fully saturated rings. The summed E-state index contributed by atoms with van der Waals surface area (Å²) in [6, 6.07) is 96.7. The number of aromatic nitrogens is 10. The van der Waals surface area contributed by atoms with Crippen molar-refractivity contribution in [3.8, 4) is 35.7 Å². The van der Waals surface area contributed by atoms with Crippen LogP contribution in [0, 0.1) is 24.2 Å².